The topological polar surface area (TPSA) is 92.3 Å². The first-order valence-corrected chi connectivity index (χ1v) is 8.50. The van der Waals surface area contributed by atoms with Crippen molar-refractivity contribution in [3.8, 4) is 0 Å². The molecule has 1 aliphatic rings. The lowest BCUT2D eigenvalue weighted by molar-refractivity contribution is 0.0654. The first-order valence-electron chi connectivity index (χ1n) is 7.69. The van der Waals surface area contributed by atoms with E-state index >= 15 is 0 Å². The van der Waals surface area contributed by atoms with Gasteiger partial charge < -0.3 is 0 Å². The second-order valence-electron chi connectivity index (χ2n) is 5.33. The van der Waals surface area contributed by atoms with Crippen molar-refractivity contribution in [3.05, 3.63) is 39.9 Å². The van der Waals surface area contributed by atoms with E-state index in [1.54, 1.807) is 0 Å². The van der Waals surface area contributed by atoms with E-state index in [1.807, 2.05) is 13.8 Å². The Morgan fingerprint density at radius 3 is 2.58 bits per heavy atom. The van der Waals surface area contributed by atoms with Gasteiger partial charge in [0.1, 0.15) is 5.01 Å². The number of benzene rings is 1. The zero-order valence-electron chi connectivity index (χ0n) is 13.3. The number of imide groups is 1. The molecule has 24 heavy (non-hydrogen) atoms. The van der Waals surface area contributed by atoms with Gasteiger partial charge in [0.2, 0.25) is 5.13 Å². The third kappa shape index (κ3) is 2.80. The van der Waals surface area contributed by atoms with Gasteiger partial charge in [-0.3, -0.25) is 24.6 Å². The first kappa shape index (κ1) is 16.3. The number of anilines is 1. The van der Waals surface area contributed by atoms with E-state index in [0.29, 0.717) is 29.2 Å². The average Bonchev–Trinajstić information content (AvgIpc) is 3.13. The second kappa shape index (κ2) is 6.48. The van der Waals surface area contributed by atoms with Crippen LogP contribution in [-0.2, 0) is 6.42 Å². The van der Waals surface area contributed by atoms with Crippen molar-refractivity contribution < 1.29 is 14.4 Å². The predicted octanol–water partition coefficient (Wildman–Crippen LogP) is 2.36. The summed E-state index contributed by atoms with van der Waals surface area (Å²) in [7, 11) is 0. The number of amides is 3. The summed E-state index contributed by atoms with van der Waals surface area (Å²) in [6.45, 7) is 4.23. The standard InChI is InChI=1S/C16H16N4O3S/c1-3-7-20-14(22)10-6-5-9(8-11(10)15(20)23)13(21)17-16-19-18-12(4-2)24-16/h5-6,8H,3-4,7H2,1-2H3,(H,17,19,21). The Morgan fingerprint density at radius 2 is 1.92 bits per heavy atom. The third-order valence-electron chi connectivity index (χ3n) is 3.67. The van der Waals surface area contributed by atoms with Crippen molar-refractivity contribution in [1.82, 2.24) is 15.1 Å². The van der Waals surface area contributed by atoms with Gasteiger partial charge in [0.25, 0.3) is 17.7 Å². The van der Waals surface area contributed by atoms with Gasteiger partial charge in [0, 0.05) is 12.1 Å². The molecule has 0 bridgehead atoms. The molecule has 0 spiro atoms. The Labute approximate surface area is 142 Å². The number of fused-ring (bicyclic) bond motifs is 1. The van der Waals surface area contributed by atoms with Crippen LogP contribution in [0, 0.1) is 0 Å². The quantitative estimate of drug-likeness (QED) is 0.841. The van der Waals surface area contributed by atoms with E-state index in [9.17, 15) is 14.4 Å². The van der Waals surface area contributed by atoms with Gasteiger partial charge in [-0.05, 0) is 31.0 Å². The molecule has 0 atom stereocenters. The summed E-state index contributed by atoms with van der Waals surface area (Å²) < 4.78 is 0. The van der Waals surface area contributed by atoms with E-state index in [1.165, 1.54) is 34.4 Å². The smallest absolute Gasteiger partial charge is 0.261 e. The van der Waals surface area contributed by atoms with Gasteiger partial charge in [0.15, 0.2) is 0 Å². The number of nitrogens with one attached hydrogen (secondary N) is 1. The molecule has 0 radical (unpaired) electrons. The molecule has 1 aromatic carbocycles. The third-order valence-corrected chi connectivity index (χ3v) is 4.65. The van der Waals surface area contributed by atoms with E-state index in [2.05, 4.69) is 15.5 Å². The SMILES string of the molecule is CCCN1C(=O)c2ccc(C(=O)Nc3nnc(CC)s3)cc2C1=O. The van der Waals surface area contributed by atoms with Crippen molar-refractivity contribution in [2.45, 2.75) is 26.7 Å². The summed E-state index contributed by atoms with van der Waals surface area (Å²) in [5.41, 5.74) is 0.920. The normalized spacial score (nSPS) is 13.3. The molecule has 8 heteroatoms. The largest absolute Gasteiger partial charge is 0.296 e. The second-order valence-corrected chi connectivity index (χ2v) is 6.39. The van der Waals surface area contributed by atoms with Gasteiger partial charge in [0.05, 0.1) is 11.1 Å². The number of carbonyl (C=O) groups excluding carboxylic acids is 3. The Morgan fingerprint density at radius 1 is 1.17 bits per heavy atom. The van der Waals surface area contributed by atoms with Crippen LogP contribution in [0.5, 0.6) is 0 Å². The Balaban J connectivity index is 1.83. The highest BCUT2D eigenvalue weighted by Gasteiger charge is 2.35. The lowest BCUT2D eigenvalue weighted by atomic mass is 10.1. The predicted molar refractivity (Wildman–Crippen MR) is 89.3 cm³/mol. The summed E-state index contributed by atoms with van der Waals surface area (Å²) in [5, 5.41) is 11.7. The summed E-state index contributed by atoms with van der Waals surface area (Å²) in [5.74, 6) is -1.04. The molecular formula is C16H16N4O3S. The lowest BCUT2D eigenvalue weighted by Crippen LogP contribution is -2.30. The van der Waals surface area contributed by atoms with Gasteiger partial charge in [-0.25, -0.2) is 0 Å². The number of carbonyl (C=O) groups is 3. The van der Waals surface area contributed by atoms with Gasteiger partial charge in [-0.1, -0.05) is 25.2 Å². The fraction of sp³-hybridized carbons (Fsp3) is 0.312. The lowest BCUT2D eigenvalue weighted by Gasteiger charge is -2.11. The van der Waals surface area contributed by atoms with E-state index in [4.69, 9.17) is 0 Å². The van der Waals surface area contributed by atoms with Crippen molar-refractivity contribution in [3.63, 3.8) is 0 Å². The monoisotopic (exact) mass is 344 g/mol. The molecule has 1 aromatic heterocycles. The highest BCUT2D eigenvalue weighted by Crippen LogP contribution is 2.25. The maximum absolute atomic E-state index is 12.3. The summed E-state index contributed by atoms with van der Waals surface area (Å²) in [6, 6.07) is 4.52. The molecule has 3 amide bonds. The minimum atomic E-state index is -0.384. The molecule has 0 saturated heterocycles. The van der Waals surface area contributed by atoms with Crippen LogP contribution >= 0.6 is 11.3 Å². The maximum Gasteiger partial charge on any atom is 0.261 e. The van der Waals surface area contributed by atoms with Crippen LogP contribution < -0.4 is 5.32 Å². The van der Waals surface area contributed by atoms with Crippen LogP contribution in [0.4, 0.5) is 5.13 Å². The highest BCUT2D eigenvalue weighted by atomic mass is 32.1. The van der Waals surface area contributed by atoms with Crippen LogP contribution in [0.2, 0.25) is 0 Å². The molecule has 2 aromatic rings. The number of nitrogens with zero attached hydrogens (tertiary/aromatic N) is 3. The number of hydrogen-bond donors (Lipinski definition) is 1. The summed E-state index contributed by atoms with van der Waals surface area (Å²) >= 11 is 1.31. The van der Waals surface area contributed by atoms with E-state index in [0.717, 1.165) is 11.4 Å². The summed E-state index contributed by atoms with van der Waals surface area (Å²) in [4.78, 5) is 38.1. The van der Waals surface area contributed by atoms with Crippen molar-refractivity contribution >= 4 is 34.2 Å². The van der Waals surface area contributed by atoms with E-state index in [-0.39, 0.29) is 23.3 Å². The zero-order chi connectivity index (χ0) is 17.3. The molecule has 1 aliphatic heterocycles. The fourth-order valence-corrected chi connectivity index (χ4v) is 3.15. The number of aryl methyl sites for hydroxylation is 1. The minimum absolute atomic E-state index is 0.271. The molecule has 2 heterocycles. The highest BCUT2D eigenvalue weighted by molar-refractivity contribution is 7.15. The molecule has 0 unspecified atom stereocenters. The van der Waals surface area contributed by atoms with Crippen molar-refractivity contribution in [2.24, 2.45) is 0 Å². The van der Waals surface area contributed by atoms with E-state index < -0.39 is 0 Å². The Hall–Kier alpha value is -2.61. The van der Waals surface area contributed by atoms with Crippen LogP contribution in [0.15, 0.2) is 18.2 Å². The molecular weight excluding hydrogens is 328 g/mol. The molecule has 3 rings (SSSR count). The number of aromatic nitrogens is 2. The number of hydrogen-bond acceptors (Lipinski definition) is 6. The minimum Gasteiger partial charge on any atom is -0.296 e. The van der Waals surface area contributed by atoms with Crippen LogP contribution in [0.25, 0.3) is 0 Å². The van der Waals surface area contributed by atoms with Crippen LogP contribution in [0.1, 0.15) is 56.3 Å². The molecule has 0 saturated carbocycles. The van der Waals surface area contributed by atoms with Crippen molar-refractivity contribution in [2.75, 3.05) is 11.9 Å². The first-order chi connectivity index (χ1) is 11.5. The Kier molecular flexibility index (Phi) is 4.39. The van der Waals surface area contributed by atoms with Crippen molar-refractivity contribution in [1.29, 1.82) is 0 Å². The van der Waals surface area contributed by atoms with Crippen LogP contribution in [-0.4, -0.2) is 39.4 Å². The zero-order valence-corrected chi connectivity index (χ0v) is 14.1. The molecule has 0 aliphatic carbocycles. The summed E-state index contributed by atoms with van der Waals surface area (Å²) in [6.07, 6.45) is 1.44. The molecule has 1 N–H and O–H groups in total. The molecule has 7 nitrogen and oxygen atoms in total. The number of rotatable bonds is 5. The Bertz CT molecular complexity index is 830. The van der Waals surface area contributed by atoms with Gasteiger partial charge in [-0.15, -0.1) is 10.2 Å². The van der Waals surface area contributed by atoms with Crippen LogP contribution in [0.3, 0.4) is 0 Å². The average molecular weight is 344 g/mol. The maximum atomic E-state index is 12.3. The van der Waals surface area contributed by atoms with Gasteiger partial charge in [-0.2, -0.15) is 0 Å². The molecule has 124 valence electrons. The van der Waals surface area contributed by atoms with Gasteiger partial charge >= 0.3 is 0 Å². The molecule has 0 fully saturated rings. The fourth-order valence-electron chi connectivity index (χ4n) is 2.47.